The molecule has 0 atom stereocenters. The Bertz CT molecular complexity index is 834. The number of nitrogens with zero attached hydrogens (tertiary/aromatic N) is 2. The van der Waals surface area contributed by atoms with Crippen molar-refractivity contribution in [3.05, 3.63) is 40.4 Å². The molecule has 0 bridgehead atoms. The number of anilines is 1. The topological polar surface area (TPSA) is 71.5 Å². The van der Waals surface area contributed by atoms with Gasteiger partial charge in [0, 0.05) is 30.3 Å². The number of nitrogens with one attached hydrogen (secondary N) is 1. The van der Waals surface area contributed by atoms with E-state index in [-0.39, 0.29) is 23.1 Å². The molecule has 138 valence electrons. The first kappa shape index (κ1) is 18.2. The van der Waals surface area contributed by atoms with Crippen LogP contribution in [0.5, 0.6) is 5.75 Å². The number of fused-ring (bicyclic) bond motifs is 1. The van der Waals surface area contributed by atoms with Crippen LogP contribution in [-0.2, 0) is 17.8 Å². The van der Waals surface area contributed by atoms with Gasteiger partial charge in [0.2, 0.25) is 5.91 Å². The van der Waals surface area contributed by atoms with E-state index in [1.807, 2.05) is 0 Å². The van der Waals surface area contributed by atoms with Crippen LogP contribution in [0.1, 0.15) is 27.9 Å². The number of amides is 2. The second-order valence-corrected chi connectivity index (χ2v) is 6.70. The predicted octanol–water partition coefficient (Wildman–Crippen LogP) is 3.20. The molecule has 1 N–H and O–H groups in total. The van der Waals surface area contributed by atoms with E-state index in [9.17, 15) is 22.8 Å². The highest BCUT2D eigenvalue weighted by Crippen LogP contribution is 2.29. The molecule has 3 rings (SSSR count). The van der Waals surface area contributed by atoms with E-state index in [0.717, 1.165) is 22.7 Å². The summed E-state index contributed by atoms with van der Waals surface area (Å²) in [5, 5.41) is 3.11. The first-order valence-corrected chi connectivity index (χ1v) is 8.44. The minimum atomic E-state index is -4.77. The number of benzene rings is 1. The normalized spacial score (nSPS) is 13.9. The van der Waals surface area contributed by atoms with Crippen LogP contribution in [0.25, 0.3) is 0 Å². The average molecular weight is 385 g/mol. The number of hydrogen-bond donors (Lipinski definition) is 1. The Kier molecular flexibility index (Phi) is 4.86. The van der Waals surface area contributed by atoms with Crippen molar-refractivity contribution in [1.29, 1.82) is 0 Å². The van der Waals surface area contributed by atoms with E-state index in [1.54, 1.807) is 4.90 Å². The molecule has 0 saturated carbocycles. The van der Waals surface area contributed by atoms with Crippen molar-refractivity contribution in [3.8, 4) is 5.75 Å². The van der Waals surface area contributed by atoms with Gasteiger partial charge in [-0.1, -0.05) is 11.3 Å². The Morgan fingerprint density at radius 3 is 2.58 bits per heavy atom. The van der Waals surface area contributed by atoms with Gasteiger partial charge in [-0.3, -0.25) is 9.59 Å². The van der Waals surface area contributed by atoms with Gasteiger partial charge in [0.05, 0.1) is 12.2 Å². The average Bonchev–Trinajstić information content (AvgIpc) is 2.93. The summed E-state index contributed by atoms with van der Waals surface area (Å²) in [6.07, 6.45) is -4.22. The number of carbonyl (C=O) groups is 2. The summed E-state index contributed by atoms with van der Waals surface area (Å²) >= 11 is 1.31. The molecule has 2 aromatic rings. The molecule has 0 saturated heterocycles. The molecule has 0 aliphatic carbocycles. The molecule has 2 heterocycles. The number of aromatic nitrogens is 1. The minimum absolute atomic E-state index is 0.217. The lowest BCUT2D eigenvalue weighted by Gasteiger charge is -2.26. The quantitative estimate of drug-likeness (QED) is 0.881. The predicted molar refractivity (Wildman–Crippen MR) is 88.0 cm³/mol. The van der Waals surface area contributed by atoms with Gasteiger partial charge < -0.3 is 15.0 Å². The van der Waals surface area contributed by atoms with Gasteiger partial charge in [-0.2, -0.15) is 0 Å². The lowest BCUT2D eigenvalue weighted by molar-refractivity contribution is -0.274. The van der Waals surface area contributed by atoms with Gasteiger partial charge in [-0.15, -0.1) is 13.2 Å². The fourth-order valence-corrected chi connectivity index (χ4v) is 3.62. The van der Waals surface area contributed by atoms with Crippen LogP contribution in [0.15, 0.2) is 24.3 Å². The van der Waals surface area contributed by atoms with Crippen molar-refractivity contribution in [1.82, 2.24) is 9.88 Å². The second kappa shape index (κ2) is 6.94. The zero-order chi connectivity index (χ0) is 18.9. The third kappa shape index (κ3) is 4.31. The highest BCUT2D eigenvalue weighted by molar-refractivity contribution is 7.15. The number of halogens is 3. The molecule has 1 aromatic heterocycles. The summed E-state index contributed by atoms with van der Waals surface area (Å²) < 4.78 is 40.4. The maximum atomic E-state index is 12.6. The van der Waals surface area contributed by atoms with Crippen molar-refractivity contribution < 1.29 is 27.5 Å². The summed E-state index contributed by atoms with van der Waals surface area (Å²) in [7, 11) is 0. The summed E-state index contributed by atoms with van der Waals surface area (Å²) in [5.41, 5.74) is 1.12. The number of rotatable bonds is 3. The first-order valence-electron chi connectivity index (χ1n) is 7.62. The summed E-state index contributed by atoms with van der Waals surface area (Å²) in [5.74, 6) is -0.883. The van der Waals surface area contributed by atoms with Gasteiger partial charge in [-0.05, 0) is 24.3 Å². The second-order valence-electron chi connectivity index (χ2n) is 5.62. The van der Waals surface area contributed by atoms with E-state index in [1.165, 1.54) is 30.4 Å². The lowest BCUT2D eigenvalue weighted by atomic mass is 10.1. The smallest absolute Gasteiger partial charge is 0.406 e. The van der Waals surface area contributed by atoms with E-state index in [0.29, 0.717) is 24.6 Å². The number of alkyl halides is 3. The minimum Gasteiger partial charge on any atom is -0.406 e. The SMILES string of the molecule is CC(=O)Nc1nc2c(s1)CN(C(=O)c1ccc(OC(F)(F)F)cc1)CC2. The number of hydrogen-bond acceptors (Lipinski definition) is 5. The summed E-state index contributed by atoms with van der Waals surface area (Å²) in [6.45, 7) is 2.17. The Morgan fingerprint density at radius 1 is 1.27 bits per heavy atom. The fraction of sp³-hybridized carbons (Fsp3) is 0.312. The standard InChI is InChI=1S/C16H14F3N3O3S/c1-9(23)20-15-21-12-6-7-22(8-13(12)26-15)14(24)10-2-4-11(5-3-10)25-16(17,18)19/h2-5H,6-8H2,1H3,(H,20,21,23). The van der Waals surface area contributed by atoms with Crippen LogP contribution in [0, 0.1) is 0 Å². The Hall–Kier alpha value is -2.62. The zero-order valence-corrected chi connectivity index (χ0v) is 14.4. The molecule has 6 nitrogen and oxygen atoms in total. The van der Waals surface area contributed by atoms with Gasteiger partial charge >= 0.3 is 6.36 Å². The van der Waals surface area contributed by atoms with Gasteiger partial charge in [0.25, 0.3) is 5.91 Å². The summed E-state index contributed by atoms with van der Waals surface area (Å²) in [4.78, 5) is 30.5. The Labute approximate surface area is 150 Å². The van der Waals surface area contributed by atoms with Crippen LogP contribution < -0.4 is 10.1 Å². The molecule has 1 aromatic carbocycles. The zero-order valence-electron chi connectivity index (χ0n) is 13.6. The van der Waals surface area contributed by atoms with Gasteiger partial charge in [0.1, 0.15) is 5.75 Å². The molecule has 1 aliphatic heterocycles. The fourth-order valence-electron chi connectivity index (χ4n) is 2.55. The van der Waals surface area contributed by atoms with Crippen LogP contribution >= 0.6 is 11.3 Å². The Morgan fingerprint density at radius 2 is 1.96 bits per heavy atom. The van der Waals surface area contributed by atoms with Crippen LogP contribution in [0.4, 0.5) is 18.3 Å². The van der Waals surface area contributed by atoms with Crippen molar-refractivity contribution in [2.24, 2.45) is 0 Å². The van der Waals surface area contributed by atoms with Gasteiger partial charge in [0.15, 0.2) is 5.13 Å². The largest absolute Gasteiger partial charge is 0.573 e. The highest BCUT2D eigenvalue weighted by atomic mass is 32.1. The van der Waals surface area contributed by atoms with Crippen molar-refractivity contribution in [3.63, 3.8) is 0 Å². The molecular weight excluding hydrogens is 371 g/mol. The van der Waals surface area contributed by atoms with E-state index >= 15 is 0 Å². The molecule has 10 heteroatoms. The molecule has 26 heavy (non-hydrogen) atoms. The van der Waals surface area contributed by atoms with Gasteiger partial charge in [-0.25, -0.2) is 4.98 Å². The number of ether oxygens (including phenoxy) is 1. The lowest BCUT2D eigenvalue weighted by Crippen LogP contribution is -2.35. The molecule has 1 aliphatic rings. The number of thiazole rings is 1. The Balaban J connectivity index is 1.69. The third-order valence-electron chi connectivity index (χ3n) is 3.64. The van der Waals surface area contributed by atoms with E-state index in [2.05, 4.69) is 15.0 Å². The maximum absolute atomic E-state index is 12.6. The van der Waals surface area contributed by atoms with Crippen LogP contribution in [-0.4, -0.2) is 34.6 Å². The van der Waals surface area contributed by atoms with Crippen molar-refractivity contribution >= 4 is 28.3 Å². The molecule has 0 radical (unpaired) electrons. The van der Waals surface area contributed by atoms with Crippen LogP contribution in [0.2, 0.25) is 0 Å². The number of carbonyl (C=O) groups excluding carboxylic acids is 2. The molecule has 2 amide bonds. The monoisotopic (exact) mass is 385 g/mol. The first-order chi connectivity index (χ1) is 12.2. The van der Waals surface area contributed by atoms with Crippen molar-refractivity contribution in [2.75, 3.05) is 11.9 Å². The highest BCUT2D eigenvalue weighted by Gasteiger charge is 2.31. The molecule has 0 fully saturated rings. The van der Waals surface area contributed by atoms with E-state index in [4.69, 9.17) is 0 Å². The third-order valence-corrected chi connectivity index (χ3v) is 4.63. The molecule has 0 spiro atoms. The molecular formula is C16H14F3N3O3S. The maximum Gasteiger partial charge on any atom is 0.573 e. The van der Waals surface area contributed by atoms with Crippen LogP contribution in [0.3, 0.4) is 0 Å². The van der Waals surface area contributed by atoms with E-state index < -0.39 is 6.36 Å². The summed E-state index contributed by atoms with van der Waals surface area (Å²) in [6, 6.07) is 4.82. The molecule has 0 unspecified atom stereocenters. The van der Waals surface area contributed by atoms with Crippen molar-refractivity contribution in [2.45, 2.75) is 26.3 Å².